The largest absolute Gasteiger partial charge is 1.00 e. The molecule has 15 heteroatoms. The molecule has 45 heavy (non-hydrogen) atoms. The van der Waals surface area contributed by atoms with Crippen LogP contribution >= 0.6 is 11.3 Å². The Labute approximate surface area is 271 Å². The predicted octanol–water partition coefficient (Wildman–Crippen LogP) is 1.93. The van der Waals surface area contributed by atoms with E-state index in [0.29, 0.717) is 35.1 Å². The standard InChI is InChI=1S/C30H28F3N7O3S.BrH/c1-18-25(27(41)43-4)26(39-28(36-37-29(39)42)38(18)22-7-5-6-21(15-22)30(31,32)33)23-9-8-19(16-34)14-20(23)10-12-40(2,3)17-24-35-11-13-44-24;/h5-9,11,13-15,26H,10,12,17H2,1-4H3;1H/t26-;/m1./s1. The van der Waals surface area contributed by atoms with Gasteiger partial charge in [0.25, 0.3) is 0 Å². The number of thiazole rings is 1. The van der Waals surface area contributed by atoms with Gasteiger partial charge < -0.3 is 26.2 Å². The zero-order valence-electron chi connectivity index (χ0n) is 24.7. The summed E-state index contributed by atoms with van der Waals surface area (Å²) in [5, 5.41) is 19.1. The molecule has 0 amide bonds. The van der Waals surface area contributed by atoms with Gasteiger partial charge in [-0.1, -0.05) is 12.1 Å². The lowest BCUT2D eigenvalue weighted by Gasteiger charge is -2.36. The van der Waals surface area contributed by atoms with Gasteiger partial charge in [0.05, 0.1) is 50.5 Å². The molecule has 10 nitrogen and oxygen atoms in total. The van der Waals surface area contributed by atoms with Crippen LogP contribution in [0, 0.1) is 11.3 Å². The molecule has 1 aliphatic heterocycles. The number of H-pyrrole nitrogens is 1. The molecule has 1 N–H and O–H groups in total. The summed E-state index contributed by atoms with van der Waals surface area (Å²) >= 11 is 1.56. The SMILES string of the molecule is COC(=O)C1=C(C)N(c2cccc(C(F)(F)F)c2)c2n[nH]c(=O)n2[C@@H]1c1ccc(C#N)cc1CC[N+](C)(C)Cc1nccs1.[Br-]. The summed E-state index contributed by atoms with van der Waals surface area (Å²) in [6.45, 7) is 2.88. The van der Waals surface area contributed by atoms with E-state index < -0.39 is 29.4 Å². The number of halogens is 4. The van der Waals surface area contributed by atoms with Crippen molar-refractivity contribution in [2.75, 3.05) is 32.6 Å². The van der Waals surface area contributed by atoms with Crippen molar-refractivity contribution < 1.29 is 44.2 Å². The van der Waals surface area contributed by atoms with Gasteiger partial charge in [-0.3, -0.25) is 4.90 Å². The summed E-state index contributed by atoms with van der Waals surface area (Å²) < 4.78 is 47.9. The molecule has 5 rings (SSSR count). The van der Waals surface area contributed by atoms with Crippen molar-refractivity contribution in [3.63, 3.8) is 0 Å². The number of hydrogen-bond acceptors (Lipinski definition) is 8. The maximum atomic E-state index is 13.6. The normalized spacial score (nSPS) is 14.9. The van der Waals surface area contributed by atoms with Crippen molar-refractivity contribution in [3.05, 3.63) is 103 Å². The summed E-state index contributed by atoms with van der Waals surface area (Å²) in [5.41, 5.74) is 0.444. The van der Waals surface area contributed by atoms with Crippen LogP contribution in [0.5, 0.6) is 0 Å². The van der Waals surface area contributed by atoms with Crippen molar-refractivity contribution in [2.45, 2.75) is 32.1 Å². The van der Waals surface area contributed by atoms with Gasteiger partial charge in [-0.15, -0.1) is 16.4 Å². The van der Waals surface area contributed by atoms with E-state index in [1.807, 2.05) is 5.38 Å². The maximum absolute atomic E-state index is 13.6. The van der Waals surface area contributed by atoms with Crippen LogP contribution in [0.2, 0.25) is 0 Å². The van der Waals surface area contributed by atoms with E-state index in [0.717, 1.165) is 22.7 Å². The molecule has 0 saturated carbocycles. The Hall–Kier alpha value is -4.26. The number of anilines is 2. The number of alkyl halides is 3. The molecule has 2 aromatic carbocycles. The molecule has 0 radical (unpaired) electrons. The summed E-state index contributed by atoms with van der Waals surface area (Å²) in [4.78, 5) is 32.5. The fourth-order valence-electron chi connectivity index (χ4n) is 5.44. The van der Waals surface area contributed by atoms with E-state index in [1.165, 1.54) is 28.7 Å². The number of benzene rings is 2. The van der Waals surface area contributed by atoms with Crippen LogP contribution in [0.15, 0.2) is 70.1 Å². The first-order valence-electron chi connectivity index (χ1n) is 13.5. The summed E-state index contributed by atoms with van der Waals surface area (Å²) in [5.74, 6) is -0.766. The second-order valence-electron chi connectivity index (χ2n) is 11.0. The number of carbonyl (C=O) groups is 1. The molecule has 3 heterocycles. The number of ether oxygens (including phenoxy) is 1. The number of carbonyl (C=O) groups excluding carboxylic acids is 1. The first-order valence-corrected chi connectivity index (χ1v) is 14.4. The van der Waals surface area contributed by atoms with Crippen molar-refractivity contribution in [2.24, 2.45) is 0 Å². The summed E-state index contributed by atoms with van der Waals surface area (Å²) in [6, 6.07) is 10.7. The van der Waals surface area contributed by atoms with Crippen LogP contribution < -0.4 is 27.6 Å². The lowest BCUT2D eigenvalue weighted by Crippen LogP contribution is -3.00. The van der Waals surface area contributed by atoms with E-state index in [1.54, 1.807) is 42.7 Å². The van der Waals surface area contributed by atoms with E-state index >= 15 is 0 Å². The minimum absolute atomic E-state index is 0. The number of aromatic amines is 1. The Morgan fingerprint density at radius 2 is 1.98 bits per heavy atom. The molecule has 1 aliphatic rings. The number of esters is 1. The smallest absolute Gasteiger partial charge is 0.416 e. The maximum Gasteiger partial charge on any atom is 0.416 e. The number of hydrogen-bond donors (Lipinski definition) is 1. The number of nitriles is 1. The second kappa shape index (κ2) is 13.0. The number of rotatable bonds is 8. The van der Waals surface area contributed by atoms with Gasteiger partial charge in [0.2, 0.25) is 5.95 Å². The van der Waals surface area contributed by atoms with Gasteiger partial charge in [-0.05, 0) is 48.4 Å². The number of nitrogens with one attached hydrogen (secondary N) is 1. The third-order valence-corrected chi connectivity index (χ3v) is 8.34. The van der Waals surface area contributed by atoms with Crippen molar-refractivity contribution in [3.8, 4) is 6.07 Å². The average molecular weight is 705 g/mol. The minimum atomic E-state index is -4.62. The molecule has 0 bridgehead atoms. The second-order valence-corrected chi connectivity index (χ2v) is 12.0. The quantitative estimate of drug-likeness (QED) is 0.220. The highest BCUT2D eigenvalue weighted by Gasteiger charge is 2.41. The molecule has 236 valence electrons. The Morgan fingerprint density at radius 3 is 2.62 bits per heavy atom. The first-order chi connectivity index (χ1) is 20.8. The van der Waals surface area contributed by atoms with Crippen LogP contribution in [-0.2, 0) is 28.7 Å². The van der Waals surface area contributed by atoms with Gasteiger partial charge in [0, 0.05) is 29.4 Å². The highest BCUT2D eigenvalue weighted by molar-refractivity contribution is 7.09. The van der Waals surface area contributed by atoms with Gasteiger partial charge in [0.1, 0.15) is 17.6 Å². The van der Waals surface area contributed by atoms with Crippen LogP contribution in [-0.4, -0.2) is 58.0 Å². The van der Waals surface area contributed by atoms with Gasteiger partial charge in [0.15, 0.2) is 0 Å². The number of allylic oxidation sites excluding steroid dienone is 1. The lowest BCUT2D eigenvalue weighted by atomic mass is 9.89. The molecule has 0 unspecified atom stereocenters. The van der Waals surface area contributed by atoms with Crippen LogP contribution in [0.3, 0.4) is 0 Å². The first kappa shape index (κ1) is 33.6. The van der Waals surface area contributed by atoms with E-state index in [4.69, 9.17) is 4.74 Å². The van der Waals surface area contributed by atoms with Crippen molar-refractivity contribution >= 4 is 28.9 Å². The Kier molecular flexibility index (Phi) is 9.71. The van der Waals surface area contributed by atoms with E-state index in [2.05, 4.69) is 35.3 Å². The average Bonchev–Trinajstić information content (AvgIpc) is 3.63. The van der Waals surface area contributed by atoms with Crippen molar-refractivity contribution in [1.82, 2.24) is 19.7 Å². The highest BCUT2D eigenvalue weighted by Crippen LogP contribution is 2.43. The Balaban J connectivity index is 0.00000461. The van der Waals surface area contributed by atoms with E-state index in [9.17, 15) is 28.0 Å². The number of nitrogens with zero attached hydrogens (tertiary/aromatic N) is 6. The van der Waals surface area contributed by atoms with Gasteiger partial charge >= 0.3 is 17.8 Å². The van der Waals surface area contributed by atoms with E-state index in [-0.39, 0.29) is 39.9 Å². The molecule has 0 spiro atoms. The fourth-order valence-corrected chi connectivity index (χ4v) is 6.26. The molecule has 4 aromatic rings. The summed E-state index contributed by atoms with van der Waals surface area (Å²) in [6.07, 6.45) is -2.39. The van der Waals surface area contributed by atoms with Gasteiger partial charge in [-0.2, -0.15) is 18.4 Å². The Morgan fingerprint density at radius 1 is 1.22 bits per heavy atom. The molecule has 0 saturated heterocycles. The molecule has 0 fully saturated rings. The lowest BCUT2D eigenvalue weighted by molar-refractivity contribution is -0.903. The number of fused-ring (bicyclic) bond motifs is 1. The molecular formula is C30H29BrF3N7O3S. The minimum Gasteiger partial charge on any atom is -1.00 e. The Bertz CT molecular complexity index is 1840. The number of aromatic nitrogens is 4. The van der Waals surface area contributed by atoms with Crippen LogP contribution in [0.25, 0.3) is 0 Å². The monoisotopic (exact) mass is 703 g/mol. The molecule has 2 aromatic heterocycles. The molecule has 1 atom stereocenters. The summed E-state index contributed by atoms with van der Waals surface area (Å²) in [7, 11) is 5.32. The number of likely N-dealkylation sites (N-methyl/N-ethyl adjacent to an activating group) is 1. The fraction of sp³-hybridized carbons (Fsp3) is 0.300. The van der Waals surface area contributed by atoms with Gasteiger partial charge in [-0.25, -0.2) is 24.2 Å². The van der Waals surface area contributed by atoms with Crippen LogP contribution in [0.4, 0.5) is 24.8 Å². The highest BCUT2D eigenvalue weighted by atomic mass is 79.9. The third kappa shape index (κ3) is 6.73. The third-order valence-electron chi connectivity index (χ3n) is 7.58. The molecular weight excluding hydrogens is 675 g/mol. The molecule has 0 aliphatic carbocycles. The van der Waals surface area contributed by atoms with Crippen molar-refractivity contribution in [1.29, 1.82) is 5.26 Å². The zero-order chi connectivity index (χ0) is 31.8. The number of quaternary nitrogens is 1. The zero-order valence-corrected chi connectivity index (χ0v) is 27.1. The predicted molar refractivity (Wildman–Crippen MR) is 157 cm³/mol. The van der Waals surface area contributed by atoms with Crippen LogP contribution in [0.1, 0.15) is 40.2 Å². The topological polar surface area (TPSA) is 117 Å². The number of methoxy groups -OCH3 is 1.